The van der Waals surface area contributed by atoms with Crippen LogP contribution >= 0.6 is 0 Å². The highest BCUT2D eigenvalue weighted by Crippen LogP contribution is 2.22. The highest BCUT2D eigenvalue weighted by atomic mass is 16.5. The molecule has 0 spiro atoms. The van der Waals surface area contributed by atoms with E-state index in [0.29, 0.717) is 5.95 Å². The Hall–Kier alpha value is -2.14. The van der Waals surface area contributed by atoms with Gasteiger partial charge in [0.15, 0.2) is 0 Å². The Morgan fingerprint density at radius 2 is 1.91 bits per heavy atom. The van der Waals surface area contributed by atoms with Gasteiger partial charge in [0.1, 0.15) is 0 Å². The quantitative estimate of drug-likeness (QED) is 0.941. The van der Waals surface area contributed by atoms with E-state index in [1.54, 1.807) is 6.20 Å². The molecular weight excluding hydrogens is 276 g/mol. The normalized spacial score (nSPS) is 14.0. The number of aromatic nitrogens is 2. The first kappa shape index (κ1) is 16.2. The van der Waals surface area contributed by atoms with Crippen LogP contribution in [-0.2, 0) is 4.74 Å². The third-order valence-electron chi connectivity index (χ3n) is 3.27. The first-order valence-corrected chi connectivity index (χ1v) is 7.81. The third kappa shape index (κ3) is 4.43. The molecule has 118 valence electrons. The molecule has 1 aliphatic rings. The van der Waals surface area contributed by atoms with Crippen LogP contribution in [0.4, 0.5) is 17.3 Å². The zero-order valence-electron chi connectivity index (χ0n) is 13.5. The van der Waals surface area contributed by atoms with E-state index >= 15 is 0 Å². The molecule has 0 bridgehead atoms. The molecule has 0 saturated carbocycles. The fraction of sp³-hybridized carbons (Fsp3) is 0.412. The maximum atomic E-state index is 5.38. The predicted octanol–water partition coefficient (Wildman–Crippen LogP) is 3.39. The van der Waals surface area contributed by atoms with Crippen molar-refractivity contribution < 1.29 is 4.74 Å². The average Bonchev–Trinajstić information content (AvgIpc) is 2.58. The van der Waals surface area contributed by atoms with Crippen molar-refractivity contribution in [1.29, 1.82) is 0 Å². The number of anilines is 3. The van der Waals surface area contributed by atoms with E-state index in [0.717, 1.165) is 37.7 Å². The summed E-state index contributed by atoms with van der Waals surface area (Å²) in [4.78, 5) is 10.9. The average molecular weight is 300 g/mol. The van der Waals surface area contributed by atoms with Gasteiger partial charge in [0.2, 0.25) is 5.95 Å². The van der Waals surface area contributed by atoms with Crippen molar-refractivity contribution in [3.63, 3.8) is 0 Å². The molecule has 1 aliphatic heterocycles. The number of nitrogens with zero attached hydrogens (tertiary/aromatic N) is 3. The smallest absolute Gasteiger partial charge is 0.227 e. The molecular formula is C17H24N4O. The largest absolute Gasteiger partial charge is 0.378 e. The molecule has 3 rings (SSSR count). The minimum absolute atomic E-state index is 0.629. The van der Waals surface area contributed by atoms with Crippen LogP contribution in [0.3, 0.4) is 0 Å². The van der Waals surface area contributed by atoms with E-state index in [-0.39, 0.29) is 0 Å². The van der Waals surface area contributed by atoms with Crippen molar-refractivity contribution >= 4 is 17.3 Å². The summed E-state index contributed by atoms with van der Waals surface area (Å²) in [6.07, 6.45) is 1.76. The molecule has 2 aromatic rings. The maximum absolute atomic E-state index is 5.38. The molecule has 5 nitrogen and oxygen atoms in total. The summed E-state index contributed by atoms with van der Waals surface area (Å²) in [5, 5.41) is 3.24. The maximum Gasteiger partial charge on any atom is 0.227 e. The van der Waals surface area contributed by atoms with Crippen LogP contribution in [0.5, 0.6) is 0 Å². The van der Waals surface area contributed by atoms with Crippen molar-refractivity contribution in [3.8, 4) is 0 Å². The number of morpholine rings is 1. The van der Waals surface area contributed by atoms with Crippen molar-refractivity contribution in [3.05, 3.63) is 42.2 Å². The van der Waals surface area contributed by atoms with Crippen LogP contribution in [0.25, 0.3) is 0 Å². The molecule has 1 fully saturated rings. The summed E-state index contributed by atoms with van der Waals surface area (Å²) < 4.78 is 5.38. The van der Waals surface area contributed by atoms with Gasteiger partial charge in [0, 0.05) is 36.4 Å². The lowest BCUT2D eigenvalue weighted by molar-refractivity contribution is 0.122. The van der Waals surface area contributed by atoms with Crippen molar-refractivity contribution in [2.24, 2.45) is 0 Å². The zero-order chi connectivity index (χ0) is 15.8. The van der Waals surface area contributed by atoms with Gasteiger partial charge >= 0.3 is 0 Å². The first-order valence-electron chi connectivity index (χ1n) is 7.81. The number of ether oxygens (including phenoxy) is 1. The lowest BCUT2D eigenvalue weighted by Crippen LogP contribution is -2.36. The lowest BCUT2D eigenvalue weighted by Gasteiger charge is -2.29. The molecule has 5 heteroatoms. The summed E-state index contributed by atoms with van der Waals surface area (Å²) >= 11 is 0. The standard InChI is InChI=1S/C15H18N4O.C2H6/c1-12-5-6-16-15(17-12)18-13-3-2-4-14(11-13)19-7-9-20-10-8-19;1-2/h2-6,11H,7-10H2,1H3,(H,16,17,18);1-2H3. The van der Waals surface area contributed by atoms with Gasteiger partial charge in [0.05, 0.1) is 13.2 Å². The van der Waals surface area contributed by atoms with Crippen LogP contribution in [0.15, 0.2) is 36.5 Å². The van der Waals surface area contributed by atoms with E-state index in [1.807, 2.05) is 39.0 Å². The second-order valence-corrected chi connectivity index (χ2v) is 4.80. The van der Waals surface area contributed by atoms with E-state index in [9.17, 15) is 0 Å². The molecule has 0 aliphatic carbocycles. The minimum atomic E-state index is 0.629. The van der Waals surface area contributed by atoms with Crippen molar-refractivity contribution in [1.82, 2.24) is 9.97 Å². The summed E-state index contributed by atoms with van der Waals surface area (Å²) in [5.41, 5.74) is 3.15. The number of hydrogen-bond acceptors (Lipinski definition) is 5. The lowest BCUT2D eigenvalue weighted by atomic mass is 10.2. The van der Waals surface area contributed by atoms with Gasteiger partial charge in [-0.25, -0.2) is 9.97 Å². The van der Waals surface area contributed by atoms with Gasteiger partial charge in [-0.3, -0.25) is 0 Å². The van der Waals surface area contributed by atoms with Gasteiger partial charge in [-0.05, 0) is 31.2 Å². The minimum Gasteiger partial charge on any atom is -0.378 e. The van der Waals surface area contributed by atoms with Crippen LogP contribution in [0.2, 0.25) is 0 Å². The third-order valence-corrected chi connectivity index (χ3v) is 3.27. The van der Waals surface area contributed by atoms with E-state index in [1.165, 1.54) is 5.69 Å². The predicted molar refractivity (Wildman–Crippen MR) is 90.9 cm³/mol. The highest BCUT2D eigenvalue weighted by Gasteiger charge is 2.11. The number of rotatable bonds is 3. The highest BCUT2D eigenvalue weighted by molar-refractivity contribution is 5.62. The van der Waals surface area contributed by atoms with E-state index in [4.69, 9.17) is 4.74 Å². The van der Waals surface area contributed by atoms with Crippen LogP contribution < -0.4 is 10.2 Å². The second-order valence-electron chi connectivity index (χ2n) is 4.80. The number of aryl methyl sites for hydroxylation is 1. The Bertz CT molecular complexity index is 582. The van der Waals surface area contributed by atoms with Gasteiger partial charge in [0.25, 0.3) is 0 Å². The van der Waals surface area contributed by atoms with Crippen LogP contribution in [-0.4, -0.2) is 36.3 Å². The van der Waals surface area contributed by atoms with Crippen molar-refractivity contribution in [2.45, 2.75) is 20.8 Å². The molecule has 1 aromatic heterocycles. The number of nitrogens with one attached hydrogen (secondary N) is 1. The molecule has 0 atom stereocenters. The topological polar surface area (TPSA) is 50.3 Å². The fourth-order valence-corrected chi connectivity index (χ4v) is 2.24. The van der Waals surface area contributed by atoms with Crippen molar-refractivity contribution in [2.75, 3.05) is 36.5 Å². The molecule has 1 aromatic carbocycles. The Balaban J connectivity index is 0.000000847. The SMILES string of the molecule is CC.Cc1ccnc(Nc2cccc(N3CCOCC3)c2)n1. The van der Waals surface area contributed by atoms with Crippen LogP contribution in [0, 0.1) is 6.92 Å². The van der Waals surface area contributed by atoms with Gasteiger partial charge in [-0.15, -0.1) is 0 Å². The molecule has 1 saturated heterocycles. The number of benzene rings is 1. The van der Waals surface area contributed by atoms with Gasteiger partial charge in [-0.2, -0.15) is 0 Å². The number of hydrogen-bond donors (Lipinski definition) is 1. The van der Waals surface area contributed by atoms with Gasteiger partial charge in [-0.1, -0.05) is 19.9 Å². The summed E-state index contributed by atoms with van der Waals surface area (Å²) in [6, 6.07) is 10.2. The van der Waals surface area contributed by atoms with E-state index in [2.05, 4.69) is 32.3 Å². The summed E-state index contributed by atoms with van der Waals surface area (Å²) in [5.74, 6) is 0.629. The molecule has 2 heterocycles. The Labute approximate surface area is 132 Å². The van der Waals surface area contributed by atoms with Gasteiger partial charge < -0.3 is 15.0 Å². The zero-order valence-corrected chi connectivity index (χ0v) is 13.5. The second kappa shape index (κ2) is 8.34. The summed E-state index contributed by atoms with van der Waals surface area (Å²) in [7, 11) is 0. The monoisotopic (exact) mass is 300 g/mol. The summed E-state index contributed by atoms with van der Waals surface area (Å²) in [6.45, 7) is 9.41. The molecule has 1 N–H and O–H groups in total. The Morgan fingerprint density at radius 1 is 1.14 bits per heavy atom. The fourth-order valence-electron chi connectivity index (χ4n) is 2.24. The van der Waals surface area contributed by atoms with E-state index < -0.39 is 0 Å². The molecule has 0 unspecified atom stereocenters. The molecule has 22 heavy (non-hydrogen) atoms. The Kier molecular flexibility index (Phi) is 6.15. The first-order chi connectivity index (χ1) is 10.8. The molecule has 0 radical (unpaired) electrons. The molecule has 0 amide bonds. The Morgan fingerprint density at radius 3 is 2.64 bits per heavy atom. The van der Waals surface area contributed by atoms with Crippen LogP contribution in [0.1, 0.15) is 19.5 Å².